The van der Waals surface area contributed by atoms with Crippen molar-refractivity contribution in [2.45, 2.75) is 20.0 Å². The summed E-state index contributed by atoms with van der Waals surface area (Å²) in [6, 6.07) is 25.1. The Labute approximate surface area is 217 Å². The highest BCUT2D eigenvalue weighted by molar-refractivity contribution is 9.10. The molecule has 0 heterocycles. The minimum absolute atomic E-state index is 0.196. The number of rotatable bonds is 9. The first-order chi connectivity index (χ1) is 17.0. The lowest BCUT2D eigenvalue weighted by atomic mass is 10.0. The average molecular weight is 552 g/mol. The molecular weight excluding hydrogens is 528 g/mol. The molecule has 0 fully saturated rings. The molecule has 5 nitrogen and oxygen atoms in total. The van der Waals surface area contributed by atoms with E-state index in [0.29, 0.717) is 29.7 Å². The number of benzene rings is 4. The fourth-order valence-electron chi connectivity index (χ4n) is 3.63. The molecule has 4 aromatic carbocycles. The summed E-state index contributed by atoms with van der Waals surface area (Å²) in [4.78, 5) is 12.5. The Morgan fingerprint density at radius 3 is 2.51 bits per heavy atom. The quantitative estimate of drug-likeness (QED) is 0.181. The number of fused-ring (bicyclic) bond motifs is 1. The Kier molecular flexibility index (Phi) is 8.40. The van der Waals surface area contributed by atoms with Gasteiger partial charge >= 0.3 is 0 Å². The van der Waals surface area contributed by atoms with Gasteiger partial charge in [0.05, 0.1) is 19.2 Å². The van der Waals surface area contributed by atoms with Gasteiger partial charge in [0, 0.05) is 20.6 Å². The highest BCUT2D eigenvalue weighted by atomic mass is 79.9. The van der Waals surface area contributed by atoms with E-state index in [1.54, 1.807) is 6.21 Å². The lowest BCUT2D eigenvalue weighted by Gasteiger charge is -2.14. The minimum atomic E-state index is -0.196. The topological polar surface area (TPSA) is 59.9 Å². The number of hydrogen-bond acceptors (Lipinski definition) is 4. The van der Waals surface area contributed by atoms with Gasteiger partial charge in [0.25, 0.3) is 0 Å². The number of ether oxygens (including phenoxy) is 2. The van der Waals surface area contributed by atoms with Crippen LogP contribution in [-0.4, -0.2) is 18.7 Å². The monoisotopic (exact) mass is 550 g/mol. The van der Waals surface area contributed by atoms with Crippen LogP contribution < -0.4 is 14.9 Å². The fourth-order valence-corrected chi connectivity index (χ4v) is 4.25. The first kappa shape index (κ1) is 24.8. The molecule has 0 bridgehead atoms. The predicted octanol–water partition coefficient (Wildman–Crippen LogP) is 6.93. The number of nitrogens with zero attached hydrogens (tertiary/aromatic N) is 1. The van der Waals surface area contributed by atoms with Crippen LogP contribution in [0.2, 0.25) is 5.02 Å². The van der Waals surface area contributed by atoms with Gasteiger partial charge in [0.1, 0.15) is 6.61 Å². The molecule has 4 aromatic rings. The van der Waals surface area contributed by atoms with Crippen LogP contribution in [0.15, 0.2) is 88.4 Å². The number of hydrazone groups is 1. The van der Waals surface area contributed by atoms with Crippen molar-refractivity contribution in [3.63, 3.8) is 0 Å². The molecule has 4 rings (SSSR count). The lowest BCUT2D eigenvalue weighted by Crippen LogP contribution is -2.20. The molecule has 0 spiro atoms. The van der Waals surface area contributed by atoms with Gasteiger partial charge in [-0.15, -0.1) is 0 Å². The highest BCUT2D eigenvalue weighted by Crippen LogP contribution is 2.34. The standard InChI is InChI=1S/C28H24BrClN2O3/c1-2-34-26-14-22(24(29)16-27(26)35-18-21-9-4-6-13-25(21)30)17-31-32-28(33)15-20-11-7-10-19-8-3-5-12-23(19)20/h3-14,16-17H,2,15,18H2,1H3,(H,32,33)/b31-17-. The molecule has 0 aliphatic rings. The maximum absolute atomic E-state index is 12.5. The number of halogens is 2. The van der Waals surface area contributed by atoms with Crippen LogP contribution >= 0.6 is 27.5 Å². The normalized spacial score (nSPS) is 11.1. The molecule has 0 aliphatic carbocycles. The molecule has 0 radical (unpaired) electrons. The van der Waals surface area contributed by atoms with Crippen molar-refractivity contribution in [1.82, 2.24) is 5.43 Å². The molecule has 0 aromatic heterocycles. The number of nitrogens with one attached hydrogen (secondary N) is 1. The molecular formula is C28H24BrClN2O3. The third kappa shape index (κ3) is 6.41. The van der Waals surface area contributed by atoms with Gasteiger partial charge in [-0.25, -0.2) is 5.43 Å². The zero-order valence-electron chi connectivity index (χ0n) is 19.1. The molecule has 0 atom stereocenters. The summed E-state index contributed by atoms with van der Waals surface area (Å²) in [6.07, 6.45) is 1.81. The lowest BCUT2D eigenvalue weighted by molar-refractivity contribution is -0.120. The van der Waals surface area contributed by atoms with E-state index in [1.807, 2.05) is 85.8 Å². The Morgan fingerprint density at radius 1 is 0.971 bits per heavy atom. The fraction of sp³-hybridized carbons (Fsp3) is 0.143. The minimum Gasteiger partial charge on any atom is -0.490 e. The molecule has 0 aliphatic heterocycles. The second-order valence-corrected chi connectivity index (χ2v) is 9.00. The smallest absolute Gasteiger partial charge is 0.244 e. The molecule has 7 heteroatoms. The largest absolute Gasteiger partial charge is 0.490 e. The summed E-state index contributed by atoms with van der Waals surface area (Å²) in [5.41, 5.74) is 5.19. The van der Waals surface area contributed by atoms with Crippen LogP contribution in [0.1, 0.15) is 23.6 Å². The molecule has 178 valence electrons. The van der Waals surface area contributed by atoms with Crippen molar-refractivity contribution in [1.29, 1.82) is 0 Å². The first-order valence-corrected chi connectivity index (χ1v) is 12.3. The zero-order chi connectivity index (χ0) is 24.6. The summed E-state index contributed by atoms with van der Waals surface area (Å²) in [5, 5.41) is 6.96. The third-order valence-corrected chi connectivity index (χ3v) is 6.38. The molecule has 0 saturated heterocycles. The summed E-state index contributed by atoms with van der Waals surface area (Å²) in [5.74, 6) is 0.959. The summed E-state index contributed by atoms with van der Waals surface area (Å²) in [6.45, 7) is 2.69. The maximum Gasteiger partial charge on any atom is 0.244 e. The van der Waals surface area contributed by atoms with Crippen molar-refractivity contribution in [3.8, 4) is 11.5 Å². The molecule has 1 amide bonds. The van der Waals surface area contributed by atoms with E-state index in [9.17, 15) is 4.79 Å². The van der Waals surface area contributed by atoms with Gasteiger partial charge in [0.15, 0.2) is 11.5 Å². The van der Waals surface area contributed by atoms with Gasteiger partial charge in [-0.1, -0.05) is 72.3 Å². The second-order valence-electron chi connectivity index (χ2n) is 7.74. The number of carbonyl (C=O) groups excluding carboxylic acids is 1. The van der Waals surface area contributed by atoms with E-state index in [1.165, 1.54) is 0 Å². The van der Waals surface area contributed by atoms with E-state index in [4.69, 9.17) is 21.1 Å². The Morgan fingerprint density at radius 2 is 1.69 bits per heavy atom. The number of amides is 1. The van der Waals surface area contributed by atoms with E-state index in [0.717, 1.165) is 31.9 Å². The predicted molar refractivity (Wildman–Crippen MR) is 144 cm³/mol. The second kappa shape index (κ2) is 11.9. The van der Waals surface area contributed by atoms with Gasteiger partial charge in [0.2, 0.25) is 5.91 Å². The van der Waals surface area contributed by atoms with E-state index in [2.05, 4.69) is 26.5 Å². The summed E-state index contributed by atoms with van der Waals surface area (Å²) >= 11 is 9.79. The Bertz CT molecular complexity index is 1370. The average Bonchev–Trinajstić information content (AvgIpc) is 2.86. The zero-order valence-corrected chi connectivity index (χ0v) is 21.5. The van der Waals surface area contributed by atoms with Gasteiger partial charge in [-0.2, -0.15) is 5.10 Å². The van der Waals surface area contributed by atoms with Crippen LogP contribution in [0, 0.1) is 0 Å². The number of carbonyl (C=O) groups is 1. The summed E-state index contributed by atoms with van der Waals surface area (Å²) in [7, 11) is 0. The summed E-state index contributed by atoms with van der Waals surface area (Å²) < 4.78 is 12.5. The molecule has 35 heavy (non-hydrogen) atoms. The van der Waals surface area contributed by atoms with Crippen LogP contribution in [0.3, 0.4) is 0 Å². The van der Waals surface area contributed by atoms with Crippen molar-refractivity contribution >= 4 is 50.4 Å². The highest BCUT2D eigenvalue weighted by Gasteiger charge is 2.12. The molecule has 1 N–H and O–H groups in total. The van der Waals surface area contributed by atoms with Crippen LogP contribution in [0.4, 0.5) is 0 Å². The SMILES string of the molecule is CCOc1cc(/C=N\NC(=O)Cc2cccc3ccccc23)c(Br)cc1OCc1ccccc1Cl. The van der Waals surface area contributed by atoms with Crippen molar-refractivity contribution < 1.29 is 14.3 Å². The first-order valence-electron chi connectivity index (χ1n) is 11.2. The Hall–Kier alpha value is -3.35. The maximum atomic E-state index is 12.5. The van der Waals surface area contributed by atoms with Crippen molar-refractivity contribution in [3.05, 3.63) is 105 Å². The van der Waals surface area contributed by atoms with E-state index >= 15 is 0 Å². The number of hydrogen-bond donors (Lipinski definition) is 1. The van der Waals surface area contributed by atoms with Crippen molar-refractivity contribution in [2.75, 3.05) is 6.61 Å². The van der Waals surface area contributed by atoms with Gasteiger partial charge in [-0.3, -0.25) is 4.79 Å². The van der Waals surface area contributed by atoms with Gasteiger partial charge in [-0.05, 0) is 57.4 Å². The van der Waals surface area contributed by atoms with E-state index < -0.39 is 0 Å². The van der Waals surface area contributed by atoms with Crippen LogP contribution in [0.25, 0.3) is 10.8 Å². The molecule has 0 saturated carbocycles. The Balaban J connectivity index is 1.44. The van der Waals surface area contributed by atoms with Crippen LogP contribution in [0.5, 0.6) is 11.5 Å². The van der Waals surface area contributed by atoms with E-state index in [-0.39, 0.29) is 12.3 Å². The van der Waals surface area contributed by atoms with Crippen LogP contribution in [-0.2, 0) is 17.8 Å². The molecule has 0 unspecified atom stereocenters. The third-order valence-electron chi connectivity index (χ3n) is 5.33. The van der Waals surface area contributed by atoms with Gasteiger partial charge < -0.3 is 9.47 Å². The van der Waals surface area contributed by atoms with Crippen molar-refractivity contribution in [2.24, 2.45) is 5.10 Å².